The van der Waals surface area contributed by atoms with Gasteiger partial charge in [-0.2, -0.15) is 14.8 Å². The number of hydrogen-bond acceptors (Lipinski definition) is 9. The highest BCUT2D eigenvalue weighted by molar-refractivity contribution is 5.89. The van der Waals surface area contributed by atoms with Crippen LogP contribution in [0.3, 0.4) is 0 Å². The number of pyridine rings is 1. The van der Waals surface area contributed by atoms with E-state index in [1.54, 1.807) is 36.7 Å². The molecule has 160 valence electrons. The highest BCUT2D eigenvalue weighted by Gasteiger charge is 2.21. The fourth-order valence-corrected chi connectivity index (χ4v) is 3.52. The van der Waals surface area contributed by atoms with Crippen molar-refractivity contribution in [1.29, 1.82) is 5.26 Å². The van der Waals surface area contributed by atoms with E-state index in [0.717, 1.165) is 16.8 Å². The number of nitrogens with zero attached hydrogens (tertiary/aromatic N) is 8. The van der Waals surface area contributed by atoms with Crippen molar-refractivity contribution in [2.75, 3.05) is 11.1 Å². The van der Waals surface area contributed by atoms with Gasteiger partial charge in [-0.05, 0) is 36.8 Å². The third-order valence-electron chi connectivity index (χ3n) is 5.15. The molecule has 0 unspecified atom stereocenters. The van der Waals surface area contributed by atoms with E-state index in [2.05, 4.69) is 36.4 Å². The summed E-state index contributed by atoms with van der Waals surface area (Å²) in [5.74, 6) is 0.543. The average Bonchev–Trinajstić information content (AvgIpc) is 3.29. The monoisotopic (exact) mass is 434 g/mol. The van der Waals surface area contributed by atoms with Gasteiger partial charge in [0.1, 0.15) is 6.33 Å². The lowest BCUT2D eigenvalue weighted by Gasteiger charge is -2.11. The molecule has 10 heteroatoms. The van der Waals surface area contributed by atoms with Crippen molar-refractivity contribution < 1.29 is 0 Å². The SMILES string of the molecule is Cc1cccnc1CNc1nc2c(-c3ccncn3)c(-c3cccc(C#N)c3)nc(N)n2n1. The van der Waals surface area contributed by atoms with E-state index in [1.165, 1.54) is 10.8 Å². The van der Waals surface area contributed by atoms with Gasteiger partial charge in [-0.3, -0.25) is 4.98 Å². The molecule has 10 nitrogen and oxygen atoms in total. The second-order valence-electron chi connectivity index (χ2n) is 7.27. The molecule has 0 amide bonds. The fourth-order valence-electron chi connectivity index (χ4n) is 3.52. The van der Waals surface area contributed by atoms with Crippen molar-refractivity contribution in [1.82, 2.24) is 34.5 Å². The number of nitriles is 1. The predicted molar refractivity (Wildman–Crippen MR) is 123 cm³/mol. The van der Waals surface area contributed by atoms with Gasteiger partial charge in [0.05, 0.1) is 40.8 Å². The summed E-state index contributed by atoms with van der Waals surface area (Å²) in [5.41, 5.74) is 11.7. The number of nitrogens with two attached hydrogens (primary N) is 1. The Labute approximate surface area is 188 Å². The Morgan fingerprint density at radius 1 is 1.09 bits per heavy atom. The summed E-state index contributed by atoms with van der Waals surface area (Å²) < 4.78 is 1.47. The first-order chi connectivity index (χ1) is 16.1. The average molecular weight is 434 g/mol. The Hall–Kier alpha value is -4.91. The zero-order valence-corrected chi connectivity index (χ0v) is 17.6. The summed E-state index contributed by atoms with van der Waals surface area (Å²) in [6, 6.07) is 15.0. The van der Waals surface area contributed by atoms with E-state index < -0.39 is 0 Å². The van der Waals surface area contributed by atoms with Crippen LogP contribution in [0.2, 0.25) is 0 Å². The zero-order valence-electron chi connectivity index (χ0n) is 17.6. The van der Waals surface area contributed by atoms with Gasteiger partial charge < -0.3 is 11.1 Å². The van der Waals surface area contributed by atoms with Crippen molar-refractivity contribution in [3.63, 3.8) is 0 Å². The predicted octanol–water partition coefficient (Wildman–Crippen LogP) is 3.02. The van der Waals surface area contributed by atoms with Gasteiger partial charge in [0.15, 0.2) is 5.65 Å². The molecule has 0 radical (unpaired) electrons. The van der Waals surface area contributed by atoms with Crippen molar-refractivity contribution in [3.8, 4) is 28.6 Å². The molecule has 0 saturated heterocycles. The van der Waals surface area contributed by atoms with Crippen LogP contribution in [0.5, 0.6) is 0 Å². The number of benzene rings is 1. The number of fused-ring (bicyclic) bond motifs is 1. The van der Waals surface area contributed by atoms with Gasteiger partial charge in [0.25, 0.3) is 0 Å². The van der Waals surface area contributed by atoms with Crippen LogP contribution in [0, 0.1) is 18.3 Å². The van der Waals surface area contributed by atoms with Crippen LogP contribution < -0.4 is 11.1 Å². The largest absolute Gasteiger partial charge is 0.368 e. The summed E-state index contributed by atoms with van der Waals surface area (Å²) in [6.45, 7) is 2.45. The van der Waals surface area contributed by atoms with Crippen molar-refractivity contribution in [3.05, 3.63) is 78.0 Å². The van der Waals surface area contributed by atoms with E-state index >= 15 is 0 Å². The summed E-state index contributed by atoms with van der Waals surface area (Å²) >= 11 is 0. The second kappa shape index (κ2) is 8.32. The molecule has 4 aromatic heterocycles. The minimum absolute atomic E-state index is 0.162. The van der Waals surface area contributed by atoms with Crippen LogP contribution in [0.4, 0.5) is 11.9 Å². The van der Waals surface area contributed by atoms with Gasteiger partial charge in [0, 0.05) is 18.0 Å². The standard InChI is InChI=1S/C23H18N10/c1-14-4-3-8-27-18(14)12-28-23-31-21-19(17-7-9-26-13-29-17)20(30-22(25)33(21)32-23)16-6-2-5-15(10-16)11-24/h2-10,13H,12H2,1H3,(H2,25,30)(H,28,32). The van der Waals surface area contributed by atoms with Gasteiger partial charge in [-0.15, -0.1) is 5.10 Å². The molecule has 0 bridgehead atoms. The van der Waals surface area contributed by atoms with Crippen LogP contribution in [0.1, 0.15) is 16.8 Å². The first-order valence-electron chi connectivity index (χ1n) is 10.1. The molecule has 0 aliphatic carbocycles. The number of hydrogen-bond donors (Lipinski definition) is 2. The van der Waals surface area contributed by atoms with Gasteiger partial charge >= 0.3 is 0 Å². The smallest absolute Gasteiger partial charge is 0.243 e. The molecule has 0 atom stereocenters. The second-order valence-corrected chi connectivity index (χ2v) is 7.27. The molecule has 0 fully saturated rings. The number of aromatic nitrogens is 7. The lowest BCUT2D eigenvalue weighted by Crippen LogP contribution is -2.07. The van der Waals surface area contributed by atoms with Gasteiger partial charge in [-0.25, -0.2) is 15.0 Å². The molecule has 0 aliphatic rings. The van der Waals surface area contributed by atoms with Crippen LogP contribution in [0.15, 0.2) is 61.2 Å². The Balaban J connectivity index is 1.66. The fraction of sp³-hybridized carbons (Fsp3) is 0.0870. The Bertz CT molecular complexity index is 1500. The Kier molecular flexibility index (Phi) is 5.04. The molecular formula is C23H18N10. The van der Waals surface area contributed by atoms with Crippen molar-refractivity contribution in [2.45, 2.75) is 13.5 Å². The molecule has 33 heavy (non-hydrogen) atoms. The maximum atomic E-state index is 9.34. The molecule has 5 rings (SSSR count). The first kappa shape index (κ1) is 20.0. The zero-order chi connectivity index (χ0) is 22.8. The summed E-state index contributed by atoms with van der Waals surface area (Å²) in [4.78, 5) is 22.1. The normalized spacial score (nSPS) is 10.8. The highest BCUT2D eigenvalue weighted by Crippen LogP contribution is 2.34. The van der Waals surface area contributed by atoms with Crippen LogP contribution in [0.25, 0.3) is 28.2 Å². The van der Waals surface area contributed by atoms with Crippen LogP contribution in [-0.4, -0.2) is 34.5 Å². The molecule has 1 aromatic carbocycles. The van der Waals surface area contributed by atoms with Gasteiger partial charge in [-0.1, -0.05) is 18.2 Å². The summed E-state index contributed by atoms with van der Waals surface area (Å²) in [5, 5.41) is 17.0. The van der Waals surface area contributed by atoms with Gasteiger partial charge in [0.2, 0.25) is 11.9 Å². The van der Waals surface area contributed by atoms with Crippen LogP contribution in [-0.2, 0) is 6.54 Å². The number of nitrogen functional groups attached to an aromatic ring is 1. The lowest BCUT2D eigenvalue weighted by atomic mass is 10.0. The number of anilines is 2. The molecule has 0 spiro atoms. The van der Waals surface area contributed by atoms with Crippen molar-refractivity contribution in [2.24, 2.45) is 0 Å². The maximum Gasteiger partial charge on any atom is 0.243 e. The topological polar surface area (TPSA) is 144 Å². The molecule has 0 saturated carbocycles. The molecule has 0 aliphatic heterocycles. The number of rotatable bonds is 5. The Morgan fingerprint density at radius 2 is 2.00 bits per heavy atom. The number of nitrogens with one attached hydrogen (secondary N) is 1. The number of aryl methyl sites for hydroxylation is 1. The molecule has 3 N–H and O–H groups in total. The maximum absolute atomic E-state index is 9.34. The van der Waals surface area contributed by atoms with E-state index in [4.69, 9.17) is 10.7 Å². The third kappa shape index (κ3) is 3.79. The summed E-state index contributed by atoms with van der Waals surface area (Å²) in [6.07, 6.45) is 4.85. The lowest BCUT2D eigenvalue weighted by molar-refractivity contribution is 0.925. The minimum Gasteiger partial charge on any atom is -0.368 e. The Morgan fingerprint density at radius 3 is 2.79 bits per heavy atom. The minimum atomic E-state index is 0.162. The summed E-state index contributed by atoms with van der Waals surface area (Å²) in [7, 11) is 0. The van der Waals surface area contributed by atoms with Crippen molar-refractivity contribution >= 4 is 17.5 Å². The van der Waals surface area contributed by atoms with E-state index in [1.807, 2.05) is 25.1 Å². The van der Waals surface area contributed by atoms with E-state index in [0.29, 0.717) is 40.7 Å². The molecular weight excluding hydrogens is 416 g/mol. The quantitative estimate of drug-likeness (QED) is 0.426. The van der Waals surface area contributed by atoms with E-state index in [9.17, 15) is 5.26 Å². The van der Waals surface area contributed by atoms with Crippen LogP contribution >= 0.6 is 0 Å². The highest BCUT2D eigenvalue weighted by atomic mass is 15.4. The molecule has 5 aromatic rings. The van der Waals surface area contributed by atoms with E-state index in [-0.39, 0.29) is 5.95 Å². The first-order valence-corrected chi connectivity index (χ1v) is 10.1. The molecule has 4 heterocycles. The third-order valence-corrected chi connectivity index (χ3v) is 5.15.